The highest BCUT2D eigenvalue weighted by atomic mass is 32.1. The molecule has 5 rings (SSSR count). The van der Waals surface area contributed by atoms with Gasteiger partial charge in [0.05, 0.1) is 33.9 Å². The van der Waals surface area contributed by atoms with E-state index in [1.54, 1.807) is 55.6 Å². The van der Waals surface area contributed by atoms with Crippen molar-refractivity contribution in [2.45, 2.75) is 0 Å². The molecule has 0 spiro atoms. The van der Waals surface area contributed by atoms with Gasteiger partial charge in [0.25, 0.3) is 5.56 Å². The minimum atomic E-state index is -0.552. The van der Waals surface area contributed by atoms with E-state index in [0.717, 1.165) is 15.9 Å². The molecule has 30 heavy (non-hydrogen) atoms. The minimum Gasteiger partial charge on any atom is -0.497 e. The fourth-order valence-electron chi connectivity index (χ4n) is 3.39. The smallest absolute Gasteiger partial charge is 0.342 e. The molecule has 0 aliphatic heterocycles. The van der Waals surface area contributed by atoms with Crippen LogP contribution in [0.2, 0.25) is 0 Å². The molecule has 0 amide bonds. The normalized spacial score (nSPS) is 11.3. The maximum absolute atomic E-state index is 13.6. The van der Waals surface area contributed by atoms with E-state index in [0.29, 0.717) is 32.6 Å². The Bertz CT molecular complexity index is 1530. The van der Waals surface area contributed by atoms with Crippen LogP contribution < -0.4 is 16.0 Å². The van der Waals surface area contributed by atoms with Crippen LogP contribution in [-0.4, -0.2) is 21.2 Å². The lowest BCUT2D eigenvalue weighted by Gasteiger charge is -2.13. The predicted octanol–water partition coefficient (Wildman–Crippen LogP) is 3.90. The van der Waals surface area contributed by atoms with E-state index in [9.17, 15) is 14.0 Å². The van der Waals surface area contributed by atoms with Gasteiger partial charge in [-0.2, -0.15) is 0 Å². The highest BCUT2D eigenvalue weighted by Crippen LogP contribution is 2.25. The average Bonchev–Trinajstić information content (AvgIpc) is 3.17. The first-order valence-electron chi connectivity index (χ1n) is 9.04. The fraction of sp³-hybridized carbons (Fsp3) is 0.0455. The number of rotatable bonds is 3. The Kier molecular flexibility index (Phi) is 4.22. The molecule has 0 unspecified atom stereocenters. The number of nitrogens with zero attached hydrogens (tertiary/aromatic N) is 3. The topological polar surface area (TPSA) is 66.1 Å². The average molecular weight is 419 g/mol. The van der Waals surface area contributed by atoms with Gasteiger partial charge < -0.3 is 4.74 Å². The van der Waals surface area contributed by atoms with Crippen LogP contribution in [0.4, 0.5) is 4.39 Å². The number of hydrogen-bond acceptors (Lipinski definition) is 5. The van der Waals surface area contributed by atoms with Gasteiger partial charge in [-0.05, 0) is 54.6 Å². The summed E-state index contributed by atoms with van der Waals surface area (Å²) in [5, 5.41) is 0.567. The summed E-state index contributed by atoms with van der Waals surface area (Å²) < 4.78 is 21.8. The molecule has 8 heteroatoms. The second kappa shape index (κ2) is 6.93. The largest absolute Gasteiger partial charge is 0.497 e. The van der Waals surface area contributed by atoms with Crippen LogP contribution in [0, 0.1) is 5.82 Å². The Morgan fingerprint density at radius 2 is 1.73 bits per heavy atom. The molecule has 0 radical (unpaired) electrons. The number of benzene rings is 3. The van der Waals surface area contributed by atoms with Gasteiger partial charge in [-0.1, -0.05) is 23.5 Å². The third kappa shape index (κ3) is 2.81. The van der Waals surface area contributed by atoms with Crippen molar-refractivity contribution < 1.29 is 9.13 Å². The van der Waals surface area contributed by atoms with Crippen LogP contribution in [0.3, 0.4) is 0 Å². The summed E-state index contributed by atoms with van der Waals surface area (Å²) in [6.07, 6.45) is 0. The van der Waals surface area contributed by atoms with Crippen molar-refractivity contribution in [1.82, 2.24) is 14.1 Å². The maximum atomic E-state index is 13.6. The lowest BCUT2D eigenvalue weighted by Crippen LogP contribution is -2.38. The zero-order chi connectivity index (χ0) is 20.8. The van der Waals surface area contributed by atoms with Gasteiger partial charge in [0, 0.05) is 0 Å². The van der Waals surface area contributed by atoms with E-state index < -0.39 is 17.1 Å². The number of aromatic nitrogens is 3. The van der Waals surface area contributed by atoms with E-state index in [4.69, 9.17) is 4.74 Å². The van der Waals surface area contributed by atoms with Crippen molar-refractivity contribution in [2.24, 2.45) is 0 Å². The molecule has 2 heterocycles. The number of halogens is 1. The van der Waals surface area contributed by atoms with Crippen LogP contribution in [0.15, 0.2) is 76.3 Å². The molecule has 3 aromatic carbocycles. The summed E-state index contributed by atoms with van der Waals surface area (Å²) in [5.74, 6) is 0.247. The lowest BCUT2D eigenvalue weighted by molar-refractivity contribution is 0.414. The quantitative estimate of drug-likeness (QED) is 0.445. The Balaban J connectivity index is 1.86. The summed E-state index contributed by atoms with van der Waals surface area (Å²) in [5.41, 5.74) is 0.564. The number of methoxy groups -OCH3 is 1. The Labute approximate surface area is 173 Å². The summed E-state index contributed by atoms with van der Waals surface area (Å²) in [7, 11) is 1.56. The van der Waals surface area contributed by atoms with Gasteiger partial charge in [0.1, 0.15) is 11.6 Å². The first kappa shape index (κ1) is 18.3. The molecule has 2 aromatic heterocycles. The molecule has 0 bridgehead atoms. The third-order valence-electron chi connectivity index (χ3n) is 4.82. The number of thiazole rings is 1. The molecular formula is C22H14FN3O3S. The molecule has 0 aliphatic rings. The molecule has 0 saturated carbocycles. The van der Waals surface area contributed by atoms with E-state index in [1.807, 2.05) is 0 Å². The first-order valence-corrected chi connectivity index (χ1v) is 9.86. The predicted molar refractivity (Wildman–Crippen MR) is 115 cm³/mol. The number of ether oxygens (including phenoxy) is 1. The molecule has 0 saturated heterocycles. The summed E-state index contributed by atoms with van der Waals surface area (Å²) in [6.45, 7) is 0. The lowest BCUT2D eigenvalue weighted by atomic mass is 10.2. The molecule has 0 atom stereocenters. The molecule has 0 aliphatic carbocycles. The standard InChI is InChI=1S/C22H14FN3O3S/c1-29-15-9-7-14(8-10-15)25-18-5-3-2-4-16(18)20(27)26(22(25)28)21-24-17-11-6-13(23)12-19(17)30-21/h2-12H,1H3. The van der Waals surface area contributed by atoms with Crippen molar-refractivity contribution in [3.63, 3.8) is 0 Å². The van der Waals surface area contributed by atoms with Gasteiger partial charge in [0.15, 0.2) is 0 Å². The molecule has 148 valence electrons. The SMILES string of the molecule is COc1ccc(-n2c(=O)n(-c3nc4ccc(F)cc4s3)c(=O)c3ccccc32)cc1. The van der Waals surface area contributed by atoms with Crippen LogP contribution in [0.25, 0.3) is 31.9 Å². The van der Waals surface area contributed by atoms with E-state index >= 15 is 0 Å². The third-order valence-corrected chi connectivity index (χ3v) is 5.83. The van der Waals surface area contributed by atoms with Gasteiger partial charge in [-0.25, -0.2) is 18.7 Å². The fourth-order valence-corrected chi connectivity index (χ4v) is 4.37. The van der Waals surface area contributed by atoms with Crippen molar-refractivity contribution in [2.75, 3.05) is 7.11 Å². The van der Waals surface area contributed by atoms with Gasteiger partial charge in [-0.3, -0.25) is 9.36 Å². The molecule has 6 nitrogen and oxygen atoms in total. The van der Waals surface area contributed by atoms with Crippen molar-refractivity contribution in [3.8, 4) is 16.6 Å². The van der Waals surface area contributed by atoms with Crippen LogP contribution >= 0.6 is 11.3 Å². The Hall–Kier alpha value is -3.78. The van der Waals surface area contributed by atoms with Crippen LogP contribution in [0.1, 0.15) is 0 Å². The highest BCUT2D eigenvalue weighted by Gasteiger charge is 2.18. The summed E-state index contributed by atoms with van der Waals surface area (Å²) in [6, 6.07) is 18.0. The second-order valence-corrected chi connectivity index (χ2v) is 7.59. The van der Waals surface area contributed by atoms with Crippen LogP contribution in [-0.2, 0) is 0 Å². The van der Waals surface area contributed by atoms with Crippen molar-refractivity contribution in [1.29, 1.82) is 0 Å². The molecule has 5 aromatic rings. The van der Waals surface area contributed by atoms with Crippen molar-refractivity contribution in [3.05, 3.63) is 93.4 Å². The zero-order valence-electron chi connectivity index (χ0n) is 15.7. The van der Waals surface area contributed by atoms with Gasteiger partial charge in [-0.15, -0.1) is 0 Å². The zero-order valence-corrected chi connectivity index (χ0v) is 16.5. The van der Waals surface area contributed by atoms with E-state index in [1.165, 1.54) is 22.8 Å². The molecule has 0 N–H and O–H groups in total. The minimum absolute atomic E-state index is 0.193. The van der Waals surface area contributed by atoms with Gasteiger partial charge >= 0.3 is 5.69 Å². The van der Waals surface area contributed by atoms with E-state index in [-0.39, 0.29) is 5.13 Å². The van der Waals surface area contributed by atoms with Crippen molar-refractivity contribution >= 4 is 32.5 Å². The Morgan fingerprint density at radius 3 is 2.50 bits per heavy atom. The molecule has 0 fully saturated rings. The molecular weight excluding hydrogens is 405 g/mol. The highest BCUT2D eigenvalue weighted by molar-refractivity contribution is 7.20. The first-order chi connectivity index (χ1) is 14.6. The number of para-hydroxylation sites is 1. The summed E-state index contributed by atoms with van der Waals surface area (Å²) >= 11 is 1.09. The number of hydrogen-bond donors (Lipinski definition) is 0. The number of fused-ring (bicyclic) bond motifs is 2. The van der Waals surface area contributed by atoms with Crippen LogP contribution in [0.5, 0.6) is 5.75 Å². The van der Waals surface area contributed by atoms with E-state index in [2.05, 4.69) is 4.98 Å². The van der Waals surface area contributed by atoms with Gasteiger partial charge in [0.2, 0.25) is 5.13 Å². The monoisotopic (exact) mass is 419 g/mol. The summed E-state index contributed by atoms with van der Waals surface area (Å²) in [4.78, 5) is 31.1. The maximum Gasteiger partial charge on any atom is 0.342 e. The second-order valence-electron chi connectivity index (χ2n) is 6.58. The Morgan fingerprint density at radius 1 is 0.967 bits per heavy atom.